The molecule has 0 bridgehead atoms. The molecular weight excluding hydrogens is 287 g/mol. The van der Waals surface area contributed by atoms with Gasteiger partial charge in [-0.1, -0.05) is 11.6 Å². The number of nitrogens with zero attached hydrogens (tertiary/aromatic N) is 1. The SMILES string of the molecule is Cn1cc(Cl)cc1C(=O)Nc1ccc(F)cc1C(=O)O. The van der Waals surface area contributed by atoms with E-state index in [9.17, 15) is 14.0 Å². The summed E-state index contributed by atoms with van der Waals surface area (Å²) in [6, 6.07) is 4.55. The molecule has 0 spiro atoms. The third-order valence-electron chi connectivity index (χ3n) is 2.66. The van der Waals surface area contributed by atoms with Crippen LogP contribution in [0.15, 0.2) is 30.5 Å². The molecule has 2 rings (SSSR count). The zero-order valence-electron chi connectivity index (χ0n) is 10.4. The van der Waals surface area contributed by atoms with Gasteiger partial charge in [-0.25, -0.2) is 9.18 Å². The second-order valence-electron chi connectivity index (χ2n) is 4.10. The molecule has 0 radical (unpaired) electrons. The van der Waals surface area contributed by atoms with Gasteiger partial charge in [-0.15, -0.1) is 0 Å². The Morgan fingerprint density at radius 3 is 2.60 bits per heavy atom. The standard InChI is InChI=1S/C13H10ClFN2O3/c1-17-6-7(14)4-11(17)12(18)16-10-3-2-8(15)5-9(10)13(19)20/h2-6H,1H3,(H,16,18)(H,19,20). The highest BCUT2D eigenvalue weighted by molar-refractivity contribution is 6.31. The molecule has 0 fully saturated rings. The number of halogens is 2. The molecule has 104 valence electrons. The Labute approximate surface area is 118 Å². The smallest absolute Gasteiger partial charge is 0.337 e. The average molecular weight is 297 g/mol. The topological polar surface area (TPSA) is 71.3 Å². The number of carboxylic acids is 1. The van der Waals surface area contributed by atoms with Gasteiger partial charge in [0.2, 0.25) is 0 Å². The number of aromatic nitrogens is 1. The molecule has 5 nitrogen and oxygen atoms in total. The average Bonchev–Trinajstić information content (AvgIpc) is 2.70. The monoisotopic (exact) mass is 296 g/mol. The number of carboxylic acid groups (broad SMARTS) is 1. The van der Waals surface area contributed by atoms with Crippen LogP contribution in [-0.2, 0) is 7.05 Å². The summed E-state index contributed by atoms with van der Waals surface area (Å²) < 4.78 is 14.5. The van der Waals surface area contributed by atoms with Crippen molar-refractivity contribution in [2.24, 2.45) is 7.05 Å². The Morgan fingerprint density at radius 1 is 1.35 bits per heavy atom. The lowest BCUT2D eigenvalue weighted by molar-refractivity contribution is 0.0697. The molecule has 2 N–H and O–H groups in total. The Bertz CT molecular complexity index is 697. The van der Waals surface area contributed by atoms with Crippen molar-refractivity contribution in [3.63, 3.8) is 0 Å². The van der Waals surface area contributed by atoms with Crippen molar-refractivity contribution in [2.45, 2.75) is 0 Å². The molecule has 1 amide bonds. The largest absolute Gasteiger partial charge is 0.478 e. The normalized spacial score (nSPS) is 10.3. The predicted molar refractivity (Wildman–Crippen MR) is 71.7 cm³/mol. The van der Waals surface area contributed by atoms with Crippen LogP contribution in [0.25, 0.3) is 0 Å². The van der Waals surface area contributed by atoms with Gasteiger partial charge in [0, 0.05) is 13.2 Å². The first-order chi connectivity index (χ1) is 9.38. The van der Waals surface area contributed by atoms with E-state index in [-0.39, 0.29) is 16.9 Å². The lowest BCUT2D eigenvalue weighted by Gasteiger charge is -2.09. The summed E-state index contributed by atoms with van der Waals surface area (Å²) >= 11 is 5.77. The molecule has 20 heavy (non-hydrogen) atoms. The molecule has 0 saturated carbocycles. The molecule has 0 atom stereocenters. The maximum atomic E-state index is 13.0. The van der Waals surface area contributed by atoms with Crippen molar-refractivity contribution in [1.29, 1.82) is 0 Å². The van der Waals surface area contributed by atoms with Crippen LogP contribution >= 0.6 is 11.6 Å². The lowest BCUT2D eigenvalue weighted by atomic mass is 10.1. The fourth-order valence-electron chi connectivity index (χ4n) is 1.74. The maximum absolute atomic E-state index is 13.0. The van der Waals surface area contributed by atoms with Crippen LogP contribution in [0.4, 0.5) is 10.1 Å². The maximum Gasteiger partial charge on any atom is 0.337 e. The van der Waals surface area contributed by atoms with E-state index in [0.717, 1.165) is 12.1 Å². The summed E-state index contributed by atoms with van der Waals surface area (Å²) in [4.78, 5) is 23.0. The number of benzene rings is 1. The summed E-state index contributed by atoms with van der Waals surface area (Å²) in [6.07, 6.45) is 1.54. The van der Waals surface area contributed by atoms with E-state index >= 15 is 0 Å². The first-order valence-corrected chi connectivity index (χ1v) is 5.92. The van der Waals surface area contributed by atoms with Gasteiger partial charge in [0.25, 0.3) is 5.91 Å². The molecule has 0 aliphatic carbocycles. The number of anilines is 1. The van der Waals surface area contributed by atoms with E-state index in [2.05, 4.69) is 5.32 Å². The van der Waals surface area contributed by atoms with E-state index in [4.69, 9.17) is 16.7 Å². The molecule has 0 saturated heterocycles. The molecule has 0 aliphatic rings. The van der Waals surface area contributed by atoms with E-state index in [1.165, 1.54) is 16.7 Å². The van der Waals surface area contributed by atoms with Crippen LogP contribution in [0.1, 0.15) is 20.8 Å². The molecule has 7 heteroatoms. The highest BCUT2D eigenvalue weighted by Gasteiger charge is 2.16. The number of carbonyl (C=O) groups is 2. The van der Waals surface area contributed by atoms with Gasteiger partial charge in [-0.2, -0.15) is 0 Å². The fourth-order valence-corrected chi connectivity index (χ4v) is 1.99. The molecule has 2 aromatic rings. The number of aryl methyl sites for hydroxylation is 1. The number of hydrogen-bond acceptors (Lipinski definition) is 2. The van der Waals surface area contributed by atoms with Gasteiger partial charge in [0.05, 0.1) is 16.3 Å². The van der Waals surface area contributed by atoms with Crippen molar-refractivity contribution < 1.29 is 19.1 Å². The minimum absolute atomic E-state index is 0.0150. The molecular formula is C13H10ClFN2O3. The Kier molecular flexibility index (Phi) is 3.76. The van der Waals surface area contributed by atoms with Crippen molar-refractivity contribution in [3.8, 4) is 0 Å². The van der Waals surface area contributed by atoms with Crippen molar-refractivity contribution in [2.75, 3.05) is 5.32 Å². The third-order valence-corrected chi connectivity index (χ3v) is 2.87. The van der Waals surface area contributed by atoms with Crippen LogP contribution in [0.2, 0.25) is 5.02 Å². The minimum Gasteiger partial charge on any atom is -0.478 e. The molecule has 0 unspecified atom stereocenters. The third kappa shape index (κ3) is 2.80. The van der Waals surface area contributed by atoms with Crippen LogP contribution in [0.3, 0.4) is 0 Å². The Morgan fingerprint density at radius 2 is 2.05 bits per heavy atom. The summed E-state index contributed by atoms with van der Waals surface area (Å²) in [6.45, 7) is 0. The fraction of sp³-hybridized carbons (Fsp3) is 0.0769. The van der Waals surface area contributed by atoms with Gasteiger partial charge < -0.3 is 15.0 Å². The number of aromatic carboxylic acids is 1. The Hall–Kier alpha value is -2.34. The summed E-state index contributed by atoms with van der Waals surface area (Å²) in [7, 11) is 1.63. The van der Waals surface area contributed by atoms with Crippen molar-refractivity contribution in [1.82, 2.24) is 4.57 Å². The van der Waals surface area contributed by atoms with Crippen LogP contribution in [0, 0.1) is 5.82 Å². The zero-order chi connectivity index (χ0) is 14.9. The predicted octanol–water partition coefficient (Wildman–Crippen LogP) is 2.77. The molecule has 1 aromatic carbocycles. The molecule has 0 aliphatic heterocycles. The zero-order valence-corrected chi connectivity index (χ0v) is 11.1. The highest BCUT2D eigenvalue weighted by atomic mass is 35.5. The summed E-state index contributed by atoms with van der Waals surface area (Å²) in [5.74, 6) is -2.56. The van der Waals surface area contributed by atoms with E-state index in [1.54, 1.807) is 13.2 Å². The number of nitrogens with one attached hydrogen (secondary N) is 1. The van der Waals surface area contributed by atoms with Crippen LogP contribution in [-0.4, -0.2) is 21.6 Å². The second-order valence-corrected chi connectivity index (χ2v) is 4.54. The molecule has 1 aromatic heterocycles. The lowest BCUT2D eigenvalue weighted by Crippen LogP contribution is -2.17. The van der Waals surface area contributed by atoms with Crippen molar-refractivity contribution >= 4 is 29.2 Å². The van der Waals surface area contributed by atoms with Crippen molar-refractivity contribution in [3.05, 3.63) is 52.6 Å². The number of hydrogen-bond donors (Lipinski definition) is 2. The number of amides is 1. The van der Waals surface area contributed by atoms with Gasteiger partial charge in [-0.05, 0) is 24.3 Å². The van der Waals surface area contributed by atoms with Gasteiger partial charge in [0.15, 0.2) is 0 Å². The van der Waals surface area contributed by atoms with Crippen LogP contribution < -0.4 is 5.32 Å². The van der Waals surface area contributed by atoms with Gasteiger partial charge >= 0.3 is 5.97 Å². The molecule has 1 heterocycles. The summed E-state index contributed by atoms with van der Waals surface area (Å²) in [5.41, 5.74) is -0.0458. The number of rotatable bonds is 3. The van der Waals surface area contributed by atoms with Gasteiger partial charge in [0.1, 0.15) is 11.5 Å². The quantitative estimate of drug-likeness (QED) is 0.915. The van der Waals surface area contributed by atoms with E-state index in [1.807, 2.05) is 0 Å². The number of carbonyl (C=O) groups excluding carboxylic acids is 1. The second kappa shape index (κ2) is 5.34. The highest BCUT2D eigenvalue weighted by Crippen LogP contribution is 2.19. The minimum atomic E-state index is -1.33. The van der Waals surface area contributed by atoms with Crippen LogP contribution in [0.5, 0.6) is 0 Å². The van der Waals surface area contributed by atoms with Gasteiger partial charge in [-0.3, -0.25) is 4.79 Å². The summed E-state index contributed by atoms with van der Waals surface area (Å²) in [5, 5.41) is 11.8. The van der Waals surface area contributed by atoms with E-state index in [0.29, 0.717) is 5.02 Å². The first-order valence-electron chi connectivity index (χ1n) is 5.54. The Balaban J connectivity index is 2.33. The first kappa shape index (κ1) is 14.1. The van der Waals surface area contributed by atoms with E-state index < -0.39 is 17.7 Å².